The van der Waals surface area contributed by atoms with E-state index in [-0.39, 0.29) is 35.9 Å². The van der Waals surface area contributed by atoms with E-state index in [1.54, 1.807) is 18.2 Å². The lowest BCUT2D eigenvalue weighted by Crippen LogP contribution is -2.50. The van der Waals surface area contributed by atoms with Crippen molar-refractivity contribution >= 4 is 27.0 Å². The van der Waals surface area contributed by atoms with E-state index >= 15 is 0 Å². The molecule has 0 aliphatic heterocycles. The number of nitrogens with one attached hydrogen (secondary N) is 1. The molecule has 9 heteroatoms. The zero-order valence-corrected chi connectivity index (χ0v) is 26.1. The predicted molar refractivity (Wildman–Crippen MR) is 176 cm³/mol. The first kappa shape index (κ1) is 31.4. The summed E-state index contributed by atoms with van der Waals surface area (Å²) in [5, 5.41) is 12.1. The average Bonchev–Trinajstić information content (AvgIpc) is 3.40. The van der Waals surface area contributed by atoms with Crippen LogP contribution in [0, 0.1) is 5.92 Å². The molecule has 4 aromatic carbocycles. The summed E-state index contributed by atoms with van der Waals surface area (Å²) in [6.45, 7) is 5.36. The Hall–Kier alpha value is -4.02. The Morgan fingerprint density at radius 1 is 0.795 bits per heavy atom. The second-order valence-corrected chi connectivity index (χ2v) is 13.7. The molecule has 2 atom stereocenters. The van der Waals surface area contributed by atoms with Gasteiger partial charge in [-0.1, -0.05) is 105 Å². The highest BCUT2D eigenvalue weighted by Crippen LogP contribution is 2.25. The largest absolute Gasteiger partial charge is 0.390 e. The molecule has 5 aromatic rings. The van der Waals surface area contributed by atoms with Crippen LogP contribution in [0.2, 0.25) is 0 Å². The van der Waals surface area contributed by atoms with Crippen LogP contribution < -0.4 is 5.73 Å². The first-order valence-corrected chi connectivity index (χ1v) is 16.4. The standard InChI is InChI=1S/C35H41N5O3S/c1-26(2)22-40(44(42,43)30-18-19-31-32(21-30)38-35(36)37-31)25-34(41)33(20-27-12-6-3-7-13-27)39(23-28-14-8-4-9-15-28)24-29-16-10-5-11-17-29/h3-19,21,26,33-34,41H,20,22-25H2,1-2H3,(H3,36,37,38). The highest BCUT2D eigenvalue weighted by molar-refractivity contribution is 7.89. The number of hydrogen-bond donors (Lipinski definition) is 3. The van der Waals surface area contributed by atoms with Crippen molar-refractivity contribution in [2.75, 3.05) is 18.8 Å². The van der Waals surface area contributed by atoms with Crippen molar-refractivity contribution in [2.24, 2.45) is 5.92 Å². The van der Waals surface area contributed by atoms with Crippen LogP contribution in [-0.2, 0) is 29.5 Å². The van der Waals surface area contributed by atoms with Crippen LogP contribution in [0.25, 0.3) is 11.0 Å². The monoisotopic (exact) mass is 611 g/mol. The number of sulfonamides is 1. The van der Waals surface area contributed by atoms with Gasteiger partial charge in [0.25, 0.3) is 0 Å². The minimum Gasteiger partial charge on any atom is -0.390 e. The van der Waals surface area contributed by atoms with E-state index in [9.17, 15) is 13.5 Å². The molecule has 4 N–H and O–H groups in total. The van der Waals surface area contributed by atoms with Crippen LogP contribution >= 0.6 is 0 Å². The van der Waals surface area contributed by atoms with Gasteiger partial charge in [0.05, 0.1) is 22.0 Å². The van der Waals surface area contributed by atoms with Gasteiger partial charge in [-0.3, -0.25) is 4.90 Å². The molecule has 0 bridgehead atoms. The number of nitrogen functional groups attached to an aromatic ring is 1. The second kappa shape index (κ2) is 14.2. The lowest BCUT2D eigenvalue weighted by atomic mass is 9.97. The Labute approximate surface area is 260 Å². The molecule has 1 heterocycles. The number of hydrogen-bond acceptors (Lipinski definition) is 6. The number of aliphatic hydroxyl groups excluding tert-OH is 1. The first-order chi connectivity index (χ1) is 21.2. The third-order valence-corrected chi connectivity index (χ3v) is 9.55. The number of nitrogens with two attached hydrogens (primary N) is 1. The molecule has 230 valence electrons. The highest BCUT2D eigenvalue weighted by atomic mass is 32.2. The molecule has 2 unspecified atom stereocenters. The summed E-state index contributed by atoms with van der Waals surface area (Å²) in [5.74, 6) is 0.269. The van der Waals surface area contributed by atoms with Gasteiger partial charge in [-0.15, -0.1) is 0 Å². The lowest BCUT2D eigenvalue weighted by Gasteiger charge is -2.37. The van der Waals surface area contributed by atoms with Crippen LogP contribution in [0.15, 0.2) is 114 Å². The van der Waals surface area contributed by atoms with Crippen LogP contribution in [0.1, 0.15) is 30.5 Å². The summed E-state index contributed by atoms with van der Waals surface area (Å²) < 4.78 is 29.7. The number of aromatic amines is 1. The lowest BCUT2D eigenvalue weighted by molar-refractivity contribution is 0.0273. The minimum atomic E-state index is -3.96. The molecule has 1 aromatic heterocycles. The van der Waals surface area contributed by atoms with Crippen molar-refractivity contribution in [3.8, 4) is 0 Å². The van der Waals surface area contributed by atoms with E-state index in [4.69, 9.17) is 5.73 Å². The number of H-pyrrole nitrogens is 1. The summed E-state index contributed by atoms with van der Waals surface area (Å²) >= 11 is 0. The molecule has 0 aliphatic rings. The van der Waals surface area contributed by atoms with Crippen molar-refractivity contribution in [3.05, 3.63) is 126 Å². The maximum absolute atomic E-state index is 14.1. The van der Waals surface area contributed by atoms with Gasteiger partial charge in [0, 0.05) is 32.2 Å². The van der Waals surface area contributed by atoms with Crippen molar-refractivity contribution in [1.82, 2.24) is 19.2 Å². The smallest absolute Gasteiger partial charge is 0.243 e. The SMILES string of the molecule is CC(C)CN(CC(O)C(Cc1ccccc1)N(Cc1ccccc1)Cc1ccccc1)S(=O)(=O)c1ccc2nc(N)[nH]c2c1. The fourth-order valence-electron chi connectivity index (χ4n) is 5.62. The fourth-order valence-corrected chi connectivity index (χ4v) is 7.27. The topological polar surface area (TPSA) is 116 Å². The van der Waals surface area contributed by atoms with Gasteiger partial charge in [0.1, 0.15) is 0 Å². The summed E-state index contributed by atoms with van der Waals surface area (Å²) in [4.78, 5) is 9.52. The predicted octanol–water partition coefficient (Wildman–Crippen LogP) is 5.47. The summed E-state index contributed by atoms with van der Waals surface area (Å²) in [7, 11) is -3.96. The number of fused-ring (bicyclic) bond motifs is 1. The van der Waals surface area contributed by atoms with Crippen molar-refractivity contribution < 1.29 is 13.5 Å². The first-order valence-electron chi connectivity index (χ1n) is 15.0. The molecule has 0 spiro atoms. The molecule has 0 amide bonds. The van der Waals surface area contributed by atoms with Crippen LogP contribution in [0.3, 0.4) is 0 Å². The highest BCUT2D eigenvalue weighted by Gasteiger charge is 2.33. The quantitative estimate of drug-likeness (QED) is 0.154. The number of rotatable bonds is 14. The summed E-state index contributed by atoms with van der Waals surface area (Å²) in [6, 6.07) is 34.8. The Kier molecular flexibility index (Phi) is 10.1. The van der Waals surface area contributed by atoms with Gasteiger partial charge in [-0.05, 0) is 47.2 Å². The number of anilines is 1. The van der Waals surface area contributed by atoms with Crippen LogP contribution in [0.5, 0.6) is 0 Å². The third kappa shape index (κ3) is 7.92. The maximum atomic E-state index is 14.1. The molecule has 5 rings (SSSR count). The molecular formula is C35H41N5O3S. The van der Waals surface area contributed by atoms with E-state index in [2.05, 4.69) is 51.3 Å². The van der Waals surface area contributed by atoms with Crippen LogP contribution in [-0.4, -0.2) is 57.9 Å². The van der Waals surface area contributed by atoms with Gasteiger partial charge in [-0.25, -0.2) is 13.4 Å². The van der Waals surface area contributed by atoms with Gasteiger partial charge < -0.3 is 15.8 Å². The molecule has 8 nitrogen and oxygen atoms in total. The van der Waals surface area contributed by atoms with Crippen molar-refractivity contribution in [1.29, 1.82) is 0 Å². The Bertz CT molecular complexity index is 1690. The number of aliphatic hydroxyl groups is 1. The van der Waals surface area contributed by atoms with Crippen molar-refractivity contribution in [2.45, 2.75) is 50.4 Å². The van der Waals surface area contributed by atoms with E-state index in [1.807, 2.05) is 68.4 Å². The van der Waals surface area contributed by atoms with Crippen molar-refractivity contribution in [3.63, 3.8) is 0 Å². The van der Waals surface area contributed by atoms with E-state index in [1.165, 1.54) is 4.31 Å². The summed E-state index contributed by atoms with van der Waals surface area (Å²) in [5.41, 5.74) is 10.3. The number of imidazole rings is 1. The number of nitrogens with zero attached hydrogens (tertiary/aromatic N) is 3. The number of aromatic nitrogens is 2. The van der Waals surface area contributed by atoms with Gasteiger partial charge >= 0.3 is 0 Å². The summed E-state index contributed by atoms with van der Waals surface area (Å²) in [6.07, 6.45) is -0.431. The molecule has 0 aliphatic carbocycles. The fraction of sp³-hybridized carbons (Fsp3) is 0.286. The molecule has 0 fully saturated rings. The molecule has 0 radical (unpaired) electrons. The van der Waals surface area contributed by atoms with E-state index in [0.717, 1.165) is 16.7 Å². The Morgan fingerprint density at radius 2 is 1.34 bits per heavy atom. The zero-order valence-electron chi connectivity index (χ0n) is 25.3. The molecule has 0 saturated carbocycles. The van der Waals surface area contributed by atoms with Gasteiger partial charge in [-0.2, -0.15) is 4.31 Å². The number of benzene rings is 4. The Balaban J connectivity index is 1.50. The van der Waals surface area contributed by atoms with E-state index in [0.29, 0.717) is 30.5 Å². The Morgan fingerprint density at radius 3 is 1.89 bits per heavy atom. The molecule has 44 heavy (non-hydrogen) atoms. The molecular weight excluding hydrogens is 570 g/mol. The second-order valence-electron chi connectivity index (χ2n) is 11.7. The van der Waals surface area contributed by atoms with Crippen LogP contribution in [0.4, 0.5) is 5.95 Å². The normalized spacial score (nSPS) is 13.6. The molecule has 0 saturated heterocycles. The van der Waals surface area contributed by atoms with E-state index < -0.39 is 16.1 Å². The van der Waals surface area contributed by atoms with Gasteiger partial charge in [0.2, 0.25) is 10.0 Å². The minimum absolute atomic E-state index is 0.0424. The van der Waals surface area contributed by atoms with Gasteiger partial charge in [0.15, 0.2) is 5.95 Å². The average molecular weight is 612 g/mol. The maximum Gasteiger partial charge on any atom is 0.243 e. The zero-order chi connectivity index (χ0) is 31.1. The third-order valence-electron chi connectivity index (χ3n) is 7.73.